The highest BCUT2D eigenvalue weighted by atomic mass is 79.9. The quantitative estimate of drug-likeness (QED) is 0.459. The van der Waals surface area contributed by atoms with Crippen LogP contribution in [0.15, 0.2) is 40.9 Å². The van der Waals surface area contributed by atoms with Gasteiger partial charge in [-0.15, -0.1) is 0 Å². The lowest BCUT2D eigenvalue weighted by atomic mass is 10.1. The van der Waals surface area contributed by atoms with Gasteiger partial charge in [-0.05, 0) is 46.8 Å². The third kappa shape index (κ3) is 7.66. The highest BCUT2D eigenvalue weighted by Gasteiger charge is 2.03. The average Bonchev–Trinajstić information content (AvgIpc) is 2.44. The Morgan fingerprint density at radius 1 is 1.29 bits per heavy atom. The number of hydrogen-bond acceptors (Lipinski definition) is 3. The van der Waals surface area contributed by atoms with Gasteiger partial charge in [0, 0.05) is 16.6 Å². The summed E-state index contributed by atoms with van der Waals surface area (Å²) in [7, 11) is 0. The van der Waals surface area contributed by atoms with Gasteiger partial charge in [0.05, 0.1) is 12.3 Å². The molecule has 114 valence electrons. The van der Waals surface area contributed by atoms with Crippen molar-refractivity contribution in [1.29, 1.82) is 0 Å². The van der Waals surface area contributed by atoms with Gasteiger partial charge in [-0.2, -0.15) is 0 Å². The molecular formula is C16H20BrNO3. The van der Waals surface area contributed by atoms with Gasteiger partial charge < -0.3 is 10.1 Å². The number of amides is 1. The van der Waals surface area contributed by atoms with Gasteiger partial charge >= 0.3 is 5.97 Å². The van der Waals surface area contributed by atoms with Crippen molar-refractivity contribution in [3.63, 3.8) is 0 Å². The molecule has 0 aliphatic rings. The molecular weight excluding hydrogens is 334 g/mol. The van der Waals surface area contributed by atoms with Crippen molar-refractivity contribution >= 4 is 33.5 Å². The molecule has 0 unspecified atom stereocenters. The molecule has 0 bridgehead atoms. The van der Waals surface area contributed by atoms with Crippen LogP contribution in [-0.2, 0) is 14.3 Å². The number of hydrogen-bond donors (Lipinski definition) is 1. The van der Waals surface area contributed by atoms with Crippen LogP contribution in [0.1, 0.15) is 26.7 Å². The van der Waals surface area contributed by atoms with Crippen LogP contribution in [0.3, 0.4) is 0 Å². The molecule has 0 saturated carbocycles. The Morgan fingerprint density at radius 3 is 2.67 bits per heavy atom. The Morgan fingerprint density at radius 2 is 2.00 bits per heavy atom. The van der Waals surface area contributed by atoms with Gasteiger partial charge in [0.1, 0.15) is 0 Å². The zero-order chi connectivity index (χ0) is 15.7. The van der Waals surface area contributed by atoms with Gasteiger partial charge in [0.2, 0.25) is 5.91 Å². The lowest BCUT2D eigenvalue weighted by Gasteiger charge is -2.05. The fourth-order valence-corrected chi connectivity index (χ4v) is 1.98. The molecule has 0 aliphatic heterocycles. The van der Waals surface area contributed by atoms with E-state index in [0.717, 1.165) is 23.4 Å². The maximum absolute atomic E-state index is 11.7. The fourth-order valence-electron chi connectivity index (χ4n) is 1.59. The Bertz CT molecular complexity index is 512. The highest BCUT2D eigenvalue weighted by Crippen LogP contribution is 2.20. The van der Waals surface area contributed by atoms with Crippen LogP contribution in [0.25, 0.3) is 0 Å². The molecule has 4 nitrogen and oxygen atoms in total. The summed E-state index contributed by atoms with van der Waals surface area (Å²) in [6, 6.07) is 7.25. The van der Waals surface area contributed by atoms with E-state index in [9.17, 15) is 9.59 Å². The summed E-state index contributed by atoms with van der Waals surface area (Å²) in [5.41, 5.74) is 0.650. The molecule has 0 atom stereocenters. The maximum Gasteiger partial charge on any atom is 0.330 e. The number of rotatable bonds is 7. The number of carbonyl (C=O) groups is 2. The first-order valence-corrected chi connectivity index (χ1v) is 7.68. The summed E-state index contributed by atoms with van der Waals surface area (Å²) in [6.07, 6.45) is 4.16. The van der Waals surface area contributed by atoms with Crippen molar-refractivity contribution in [2.24, 2.45) is 5.92 Å². The summed E-state index contributed by atoms with van der Waals surface area (Å²) in [4.78, 5) is 23.1. The first-order chi connectivity index (χ1) is 9.99. The SMILES string of the molecule is CC(C)CCCOC(=O)/C=C/C(=O)Nc1ccccc1Br. The first-order valence-electron chi connectivity index (χ1n) is 6.89. The third-order valence-electron chi connectivity index (χ3n) is 2.67. The lowest BCUT2D eigenvalue weighted by Crippen LogP contribution is -2.10. The maximum atomic E-state index is 11.7. The Hall–Kier alpha value is -1.62. The second-order valence-electron chi connectivity index (χ2n) is 5.01. The smallest absolute Gasteiger partial charge is 0.330 e. The number of carbonyl (C=O) groups excluding carboxylic acids is 2. The van der Waals surface area contributed by atoms with E-state index in [0.29, 0.717) is 18.2 Å². The zero-order valence-corrected chi connectivity index (χ0v) is 13.9. The van der Waals surface area contributed by atoms with E-state index in [1.165, 1.54) is 6.08 Å². The van der Waals surface area contributed by atoms with Gasteiger partial charge in [0.15, 0.2) is 0 Å². The van der Waals surface area contributed by atoms with Crippen molar-refractivity contribution in [2.75, 3.05) is 11.9 Å². The Balaban J connectivity index is 2.33. The van der Waals surface area contributed by atoms with E-state index < -0.39 is 5.97 Å². The van der Waals surface area contributed by atoms with Crippen LogP contribution in [-0.4, -0.2) is 18.5 Å². The lowest BCUT2D eigenvalue weighted by molar-refractivity contribution is -0.138. The van der Waals surface area contributed by atoms with Crippen LogP contribution in [0, 0.1) is 5.92 Å². The van der Waals surface area contributed by atoms with E-state index in [-0.39, 0.29) is 5.91 Å². The van der Waals surface area contributed by atoms with Gasteiger partial charge in [0.25, 0.3) is 0 Å². The van der Waals surface area contributed by atoms with Crippen LogP contribution in [0.4, 0.5) is 5.69 Å². The van der Waals surface area contributed by atoms with Crippen molar-refractivity contribution in [3.05, 3.63) is 40.9 Å². The Kier molecular flexibility index (Phi) is 7.75. The topological polar surface area (TPSA) is 55.4 Å². The standard InChI is InChI=1S/C16H20BrNO3/c1-12(2)6-5-11-21-16(20)10-9-15(19)18-14-8-4-3-7-13(14)17/h3-4,7-10,12H,5-6,11H2,1-2H3,(H,18,19)/b10-9+. The molecule has 0 spiro atoms. The second kappa shape index (κ2) is 9.34. The number of esters is 1. The second-order valence-corrected chi connectivity index (χ2v) is 5.86. The fraction of sp³-hybridized carbons (Fsp3) is 0.375. The van der Waals surface area contributed by atoms with Crippen molar-refractivity contribution in [2.45, 2.75) is 26.7 Å². The minimum absolute atomic E-state index is 0.374. The molecule has 21 heavy (non-hydrogen) atoms. The van der Waals surface area contributed by atoms with E-state index in [4.69, 9.17) is 4.74 Å². The zero-order valence-electron chi connectivity index (χ0n) is 12.3. The van der Waals surface area contributed by atoms with E-state index in [1.54, 1.807) is 6.07 Å². The summed E-state index contributed by atoms with van der Waals surface area (Å²) in [5.74, 6) is -0.281. The van der Waals surface area contributed by atoms with Crippen LogP contribution < -0.4 is 5.32 Å². The van der Waals surface area contributed by atoms with Crippen molar-refractivity contribution < 1.29 is 14.3 Å². The number of ether oxygens (including phenoxy) is 1. The van der Waals surface area contributed by atoms with E-state index in [2.05, 4.69) is 35.1 Å². The molecule has 0 heterocycles. The average molecular weight is 354 g/mol. The van der Waals surface area contributed by atoms with Crippen molar-refractivity contribution in [1.82, 2.24) is 0 Å². The third-order valence-corrected chi connectivity index (χ3v) is 3.36. The van der Waals surface area contributed by atoms with E-state index in [1.807, 2.05) is 18.2 Å². The molecule has 0 fully saturated rings. The summed E-state index contributed by atoms with van der Waals surface area (Å²) >= 11 is 3.33. The molecule has 0 aliphatic carbocycles. The summed E-state index contributed by atoms with van der Waals surface area (Å²) in [5, 5.41) is 2.67. The molecule has 1 aromatic rings. The molecule has 0 radical (unpaired) electrons. The predicted molar refractivity (Wildman–Crippen MR) is 86.9 cm³/mol. The number of benzene rings is 1. The molecule has 0 saturated heterocycles. The van der Waals surface area contributed by atoms with E-state index >= 15 is 0 Å². The first kappa shape index (κ1) is 17.4. The monoisotopic (exact) mass is 353 g/mol. The van der Waals surface area contributed by atoms with Gasteiger partial charge in [-0.25, -0.2) is 4.79 Å². The molecule has 1 N–H and O–H groups in total. The molecule has 1 amide bonds. The van der Waals surface area contributed by atoms with Crippen LogP contribution in [0.2, 0.25) is 0 Å². The molecule has 5 heteroatoms. The number of anilines is 1. The largest absolute Gasteiger partial charge is 0.463 e. The Labute approximate surface area is 133 Å². The minimum Gasteiger partial charge on any atom is -0.463 e. The number of halogens is 1. The normalized spacial score (nSPS) is 10.9. The van der Waals surface area contributed by atoms with Gasteiger partial charge in [-0.3, -0.25) is 4.79 Å². The highest BCUT2D eigenvalue weighted by molar-refractivity contribution is 9.10. The van der Waals surface area contributed by atoms with Gasteiger partial charge in [-0.1, -0.05) is 26.0 Å². The minimum atomic E-state index is -0.499. The van der Waals surface area contributed by atoms with Crippen LogP contribution in [0.5, 0.6) is 0 Å². The molecule has 1 rings (SSSR count). The number of para-hydroxylation sites is 1. The molecule has 1 aromatic carbocycles. The van der Waals surface area contributed by atoms with Crippen molar-refractivity contribution in [3.8, 4) is 0 Å². The number of nitrogens with one attached hydrogen (secondary N) is 1. The van der Waals surface area contributed by atoms with Crippen LogP contribution >= 0.6 is 15.9 Å². The molecule has 0 aromatic heterocycles. The summed E-state index contributed by atoms with van der Waals surface area (Å²) in [6.45, 7) is 4.62. The predicted octanol–water partition coefficient (Wildman–Crippen LogP) is 3.92. The summed E-state index contributed by atoms with van der Waals surface area (Å²) < 4.78 is 5.78.